The number of nitrogens with one attached hydrogen (secondary N) is 2. The van der Waals surface area contributed by atoms with E-state index in [1.807, 2.05) is 0 Å². The number of hydrogen-bond donors (Lipinski definition) is 2. The molecule has 0 fully saturated rings. The van der Waals surface area contributed by atoms with E-state index in [4.69, 9.17) is 0 Å². The summed E-state index contributed by atoms with van der Waals surface area (Å²) in [6, 6.07) is 11.6. The quantitative estimate of drug-likeness (QED) is 0.874. The number of nitrogens with zero attached hydrogens (tertiary/aromatic N) is 2. The minimum Gasteiger partial charge on any atom is -0.365 e. The molecule has 1 heterocycles. The second-order valence-corrected chi connectivity index (χ2v) is 4.22. The van der Waals surface area contributed by atoms with Crippen molar-refractivity contribution in [3.63, 3.8) is 0 Å². The number of aromatic nitrogens is 2. The van der Waals surface area contributed by atoms with Crippen molar-refractivity contribution < 1.29 is 4.79 Å². The Morgan fingerprint density at radius 2 is 1.84 bits per heavy atom. The molecule has 0 spiro atoms. The third kappa shape index (κ3) is 3.51. The molecule has 0 bridgehead atoms. The van der Waals surface area contributed by atoms with Gasteiger partial charge in [0.2, 0.25) is 0 Å². The third-order valence-electron chi connectivity index (χ3n) is 2.72. The van der Waals surface area contributed by atoms with E-state index in [1.165, 1.54) is 11.1 Å². The first-order chi connectivity index (χ1) is 9.19. The molecule has 5 heteroatoms. The van der Waals surface area contributed by atoms with Crippen LogP contribution in [0.25, 0.3) is 0 Å². The van der Waals surface area contributed by atoms with Crippen LogP contribution < -0.4 is 10.6 Å². The molecule has 1 amide bonds. The lowest BCUT2D eigenvalue weighted by atomic mass is 10.1. The average molecular weight is 256 g/mol. The van der Waals surface area contributed by atoms with E-state index in [1.54, 1.807) is 19.2 Å². The molecule has 98 valence electrons. The fourth-order valence-electron chi connectivity index (χ4n) is 1.57. The van der Waals surface area contributed by atoms with Gasteiger partial charge in [0.1, 0.15) is 5.82 Å². The molecule has 0 aliphatic heterocycles. The molecular weight excluding hydrogens is 240 g/mol. The maximum Gasteiger partial charge on any atom is 0.271 e. The first kappa shape index (κ1) is 13.0. The first-order valence-electron chi connectivity index (χ1n) is 6.04. The molecule has 0 saturated heterocycles. The van der Waals surface area contributed by atoms with Crippen molar-refractivity contribution in [3.05, 3.63) is 53.2 Å². The number of carbonyl (C=O) groups excluding carboxylic acids is 1. The molecule has 2 rings (SSSR count). The Kier molecular flexibility index (Phi) is 4.07. The molecule has 5 nitrogen and oxygen atoms in total. The topological polar surface area (TPSA) is 66.9 Å². The van der Waals surface area contributed by atoms with E-state index in [9.17, 15) is 4.79 Å². The molecule has 0 aliphatic rings. The highest BCUT2D eigenvalue weighted by atomic mass is 16.1. The Hall–Kier alpha value is -2.43. The largest absolute Gasteiger partial charge is 0.365 e. The zero-order valence-electron chi connectivity index (χ0n) is 11.0. The van der Waals surface area contributed by atoms with Gasteiger partial charge in [-0.2, -0.15) is 0 Å². The number of benzene rings is 1. The molecule has 1 aromatic carbocycles. The lowest BCUT2D eigenvalue weighted by molar-refractivity contribution is 0.0957. The van der Waals surface area contributed by atoms with Crippen LogP contribution in [0.3, 0.4) is 0 Å². The normalized spacial score (nSPS) is 10.0. The SMILES string of the molecule is CNC(=O)c1ccc(NCc2ccc(C)cc2)nn1. The molecule has 0 atom stereocenters. The smallest absolute Gasteiger partial charge is 0.271 e. The summed E-state index contributed by atoms with van der Waals surface area (Å²) in [5.74, 6) is 0.408. The predicted octanol–water partition coefficient (Wildman–Crippen LogP) is 1.76. The maximum absolute atomic E-state index is 11.3. The van der Waals surface area contributed by atoms with Gasteiger partial charge in [-0.1, -0.05) is 29.8 Å². The van der Waals surface area contributed by atoms with Crippen LogP contribution in [0, 0.1) is 6.92 Å². The Bertz CT molecular complexity index is 549. The number of aryl methyl sites for hydroxylation is 1. The molecule has 0 radical (unpaired) electrons. The monoisotopic (exact) mass is 256 g/mol. The molecule has 0 aliphatic carbocycles. The third-order valence-corrected chi connectivity index (χ3v) is 2.72. The van der Waals surface area contributed by atoms with Crippen molar-refractivity contribution in [1.82, 2.24) is 15.5 Å². The lowest BCUT2D eigenvalue weighted by Gasteiger charge is -2.06. The summed E-state index contributed by atoms with van der Waals surface area (Å²) in [5, 5.41) is 13.5. The molecule has 0 unspecified atom stereocenters. The van der Waals surface area contributed by atoms with Crippen LogP contribution in [-0.4, -0.2) is 23.2 Å². The second kappa shape index (κ2) is 5.95. The van der Waals surface area contributed by atoms with Crippen LogP contribution in [0.15, 0.2) is 36.4 Å². The summed E-state index contributed by atoms with van der Waals surface area (Å²) in [4.78, 5) is 11.3. The van der Waals surface area contributed by atoms with Crippen molar-refractivity contribution >= 4 is 11.7 Å². The van der Waals surface area contributed by atoms with Gasteiger partial charge in [-0.15, -0.1) is 10.2 Å². The van der Waals surface area contributed by atoms with Gasteiger partial charge in [0.05, 0.1) is 0 Å². The van der Waals surface area contributed by atoms with E-state index in [0.29, 0.717) is 18.1 Å². The van der Waals surface area contributed by atoms with Gasteiger partial charge >= 0.3 is 0 Å². The zero-order chi connectivity index (χ0) is 13.7. The van der Waals surface area contributed by atoms with Crippen molar-refractivity contribution in [2.45, 2.75) is 13.5 Å². The van der Waals surface area contributed by atoms with Gasteiger partial charge in [-0.05, 0) is 24.6 Å². The maximum atomic E-state index is 11.3. The van der Waals surface area contributed by atoms with Gasteiger partial charge in [0, 0.05) is 13.6 Å². The zero-order valence-corrected chi connectivity index (χ0v) is 11.0. The highest BCUT2D eigenvalue weighted by Gasteiger charge is 2.05. The van der Waals surface area contributed by atoms with Crippen molar-refractivity contribution in [2.75, 3.05) is 12.4 Å². The summed E-state index contributed by atoms with van der Waals surface area (Å²) in [6.45, 7) is 2.73. The van der Waals surface area contributed by atoms with Crippen LogP contribution in [0.2, 0.25) is 0 Å². The predicted molar refractivity (Wildman–Crippen MR) is 73.9 cm³/mol. The number of carbonyl (C=O) groups is 1. The van der Waals surface area contributed by atoms with Crippen LogP contribution in [0.4, 0.5) is 5.82 Å². The average Bonchev–Trinajstić information content (AvgIpc) is 2.46. The first-order valence-corrected chi connectivity index (χ1v) is 6.04. The van der Waals surface area contributed by atoms with E-state index < -0.39 is 0 Å². The van der Waals surface area contributed by atoms with E-state index in [2.05, 4.69) is 52.0 Å². The molecule has 1 aromatic heterocycles. The number of amides is 1. The van der Waals surface area contributed by atoms with Gasteiger partial charge in [0.15, 0.2) is 5.69 Å². The van der Waals surface area contributed by atoms with E-state index in [-0.39, 0.29) is 5.91 Å². The summed E-state index contributed by atoms with van der Waals surface area (Å²) >= 11 is 0. The van der Waals surface area contributed by atoms with E-state index >= 15 is 0 Å². The lowest BCUT2D eigenvalue weighted by Crippen LogP contribution is -2.19. The molecule has 2 N–H and O–H groups in total. The van der Waals surface area contributed by atoms with Crippen LogP contribution in [0.1, 0.15) is 21.6 Å². The Labute approximate surface area is 112 Å². The number of anilines is 1. The fourth-order valence-corrected chi connectivity index (χ4v) is 1.57. The Balaban J connectivity index is 1.96. The standard InChI is InChI=1S/C14H16N4O/c1-10-3-5-11(6-4-10)9-16-13-8-7-12(17-18-13)14(19)15-2/h3-8H,9H2,1-2H3,(H,15,19)(H,16,18). The van der Waals surface area contributed by atoms with Gasteiger partial charge < -0.3 is 10.6 Å². The second-order valence-electron chi connectivity index (χ2n) is 4.22. The summed E-state index contributed by atoms with van der Waals surface area (Å²) in [6.07, 6.45) is 0. The Morgan fingerprint density at radius 1 is 1.11 bits per heavy atom. The summed E-state index contributed by atoms with van der Waals surface area (Å²) in [5.41, 5.74) is 2.71. The van der Waals surface area contributed by atoms with Crippen LogP contribution in [0.5, 0.6) is 0 Å². The molecule has 2 aromatic rings. The fraction of sp³-hybridized carbons (Fsp3) is 0.214. The molecule has 0 saturated carbocycles. The minimum absolute atomic E-state index is 0.238. The van der Waals surface area contributed by atoms with Gasteiger partial charge in [0.25, 0.3) is 5.91 Å². The molecule has 19 heavy (non-hydrogen) atoms. The summed E-state index contributed by atoms with van der Waals surface area (Å²) in [7, 11) is 1.56. The van der Waals surface area contributed by atoms with Gasteiger partial charge in [-0.3, -0.25) is 4.79 Å². The summed E-state index contributed by atoms with van der Waals surface area (Å²) < 4.78 is 0. The Morgan fingerprint density at radius 3 is 2.42 bits per heavy atom. The van der Waals surface area contributed by atoms with Crippen LogP contribution in [-0.2, 0) is 6.54 Å². The highest BCUT2D eigenvalue weighted by molar-refractivity contribution is 5.91. The van der Waals surface area contributed by atoms with E-state index in [0.717, 1.165) is 0 Å². The van der Waals surface area contributed by atoms with Crippen LogP contribution >= 0.6 is 0 Å². The van der Waals surface area contributed by atoms with Crippen molar-refractivity contribution in [2.24, 2.45) is 0 Å². The van der Waals surface area contributed by atoms with Crippen molar-refractivity contribution in [1.29, 1.82) is 0 Å². The van der Waals surface area contributed by atoms with Gasteiger partial charge in [-0.25, -0.2) is 0 Å². The molecular formula is C14H16N4O. The van der Waals surface area contributed by atoms with Crippen molar-refractivity contribution in [3.8, 4) is 0 Å². The minimum atomic E-state index is -0.238. The number of hydrogen-bond acceptors (Lipinski definition) is 4. The number of rotatable bonds is 4. The highest BCUT2D eigenvalue weighted by Crippen LogP contribution is 2.07.